The molecule has 1 saturated carbocycles. The summed E-state index contributed by atoms with van der Waals surface area (Å²) >= 11 is 0. The highest BCUT2D eigenvalue weighted by Gasteiger charge is 2.35. The van der Waals surface area contributed by atoms with Gasteiger partial charge in [0.05, 0.1) is 19.3 Å². The SMILES string of the molecule is COc1ccc2[nH]c(=O)c([C@H](c3nnnn3C3CCCCC3)N(Cc3cccnc3)C[C@@H]3CCCO3)cc2c1. The lowest BCUT2D eigenvalue weighted by molar-refractivity contribution is 0.0567. The third-order valence-electron chi connectivity index (χ3n) is 7.99. The van der Waals surface area contributed by atoms with E-state index < -0.39 is 6.04 Å². The predicted molar refractivity (Wildman–Crippen MR) is 147 cm³/mol. The van der Waals surface area contributed by atoms with Crippen molar-refractivity contribution in [2.75, 3.05) is 20.3 Å². The quantitative estimate of drug-likeness (QED) is 0.344. The smallest absolute Gasteiger partial charge is 0.253 e. The number of fused-ring (bicyclic) bond motifs is 1. The number of nitrogens with one attached hydrogen (secondary N) is 1. The van der Waals surface area contributed by atoms with Crippen molar-refractivity contribution in [1.82, 2.24) is 35.1 Å². The number of hydrogen-bond donors (Lipinski definition) is 1. The van der Waals surface area contributed by atoms with Crippen molar-refractivity contribution >= 4 is 10.9 Å². The zero-order valence-electron chi connectivity index (χ0n) is 22.3. The maximum atomic E-state index is 13.8. The van der Waals surface area contributed by atoms with E-state index in [0.717, 1.165) is 67.3 Å². The first-order chi connectivity index (χ1) is 19.2. The molecule has 0 amide bonds. The Balaban J connectivity index is 1.50. The van der Waals surface area contributed by atoms with Crippen molar-refractivity contribution in [3.05, 3.63) is 76.1 Å². The lowest BCUT2D eigenvalue weighted by Gasteiger charge is -2.34. The van der Waals surface area contributed by atoms with Gasteiger partial charge in [0, 0.05) is 48.6 Å². The molecule has 3 aromatic heterocycles. The lowest BCUT2D eigenvalue weighted by atomic mass is 9.95. The van der Waals surface area contributed by atoms with E-state index in [1.165, 1.54) is 6.42 Å². The summed E-state index contributed by atoms with van der Waals surface area (Å²) in [7, 11) is 1.64. The first kappa shape index (κ1) is 25.6. The van der Waals surface area contributed by atoms with Gasteiger partial charge in [0.25, 0.3) is 5.56 Å². The van der Waals surface area contributed by atoms with Crippen LogP contribution in [0, 0.1) is 0 Å². The Kier molecular flexibility index (Phi) is 7.64. The van der Waals surface area contributed by atoms with E-state index in [1.807, 2.05) is 41.2 Å². The van der Waals surface area contributed by atoms with Crippen LogP contribution in [0.4, 0.5) is 0 Å². The molecule has 6 rings (SSSR count). The van der Waals surface area contributed by atoms with Crippen LogP contribution in [-0.2, 0) is 11.3 Å². The van der Waals surface area contributed by atoms with Gasteiger partial charge in [-0.1, -0.05) is 25.3 Å². The summed E-state index contributed by atoms with van der Waals surface area (Å²) in [6.45, 7) is 1.98. The Morgan fingerprint density at radius 3 is 2.82 bits per heavy atom. The van der Waals surface area contributed by atoms with Gasteiger partial charge >= 0.3 is 0 Å². The van der Waals surface area contributed by atoms with Crippen molar-refractivity contribution in [1.29, 1.82) is 0 Å². The van der Waals surface area contributed by atoms with Crippen molar-refractivity contribution in [3.63, 3.8) is 0 Å². The van der Waals surface area contributed by atoms with Crippen LogP contribution in [0.5, 0.6) is 5.75 Å². The average Bonchev–Trinajstić information content (AvgIpc) is 3.67. The van der Waals surface area contributed by atoms with Crippen molar-refractivity contribution in [3.8, 4) is 5.75 Å². The summed E-state index contributed by atoms with van der Waals surface area (Å²) in [4.78, 5) is 23.5. The van der Waals surface area contributed by atoms with Gasteiger partial charge < -0.3 is 14.5 Å². The van der Waals surface area contributed by atoms with Crippen LogP contribution >= 0.6 is 0 Å². The molecule has 2 aliphatic rings. The molecule has 10 heteroatoms. The first-order valence-corrected chi connectivity index (χ1v) is 13.9. The third kappa shape index (κ3) is 5.58. The monoisotopic (exact) mass is 529 g/mol. The van der Waals surface area contributed by atoms with Gasteiger partial charge in [0.2, 0.25) is 0 Å². The molecule has 204 valence electrons. The first-order valence-electron chi connectivity index (χ1n) is 13.9. The Bertz CT molecular complexity index is 1440. The van der Waals surface area contributed by atoms with Crippen LogP contribution in [0.3, 0.4) is 0 Å². The summed E-state index contributed by atoms with van der Waals surface area (Å²) in [6.07, 6.45) is 11.3. The molecule has 0 spiro atoms. The maximum Gasteiger partial charge on any atom is 0.253 e. The van der Waals surface area contributed by atoms with Gasteiger partial charge in [-0.3, -0.25) is 14.7 Å². The second-order valence-electron chi connectivity index (χ2n) is 10.6. The minimum absolute atomic E-state index is 0.0721. The molecule has 2 atom stereocenters. The third-order valence-corrected chi connectivity index (χ3v) is 7.99. The zero-order chi connectivity index (χ0) is 26.6. The van der Waals surface area contributed by atoms with Crippen LogP contribution in [0.15, 0.2) is 53.6 Å². The van der Waals surface area contributed by atoms with Crippen LogP contribution in [0.2, 0.25) is 0 Å². The zero-order valence-corrected chi connectivity index (χ0v) is 22.3. The van der Waals surface area contributed by atoms with E-state index in [2.05, 4.69) is 36.5 Å². The van der Waals surface area contributed by atoms with Crippen LogP contribution in [0.25, 0.3) is 10.9 Å². The van der Waals surface area contributed by atoms with E-state index in [-0.39, 0.29) is 17.7 Å². The molecule has 0 radical (unpaired) electrons. The highest BCUT2D eigenvalue weighted by molar-refractivity contribution is 5.80. The van der Waals surface area contributed by atoms with Gasteiger partial charge in [0.15, 0.2) is 5.82 Å². The maximum absolute atomic E-state index is 13.8. The number of H-pyrrole nitrogens is 1. The largest absolute Gasteiger partial charge is 0.497 e. The number of hydrogen-bond acceptors (Lipinski definition) is 8. The number of pyridine rings is 2. The van der Waals surface area contributed by atoms with Crippen molar-refractivity contribution < 1.29 is 9.47 Å². The molecule has 0 unspecified atom stereocenters. The van der Waals surface area contributed by atoms with E-state index in [0.29, 0.717) is 24.5 Å². The van der Waals surface area contributed by atoms with Gasteiger partial charge in [-0.15, -0.1) is 5.10 Å². The fourth-order valence-corrected chi connectivity index (χ4v) is 6.03. The molecule has 39 heavy (non-hydrogen) atoms. The molecule has 10 nitrogen and oxygen atoms in total. The molecule has 1 aliphatic carbocycles. The van der Waals surface area contributed by atoms with Crippen LogP contribution in [0.1, 0.15) is 74.0 Å². The average molecular weight is 530 g/mol. The fourth-order valence-electron chi connectivity index (χ4n) is 6.03. The van der Waals surface area contributed by atoms with E-state index in [4.69, 9.17) is 9.47 Å². The van der Waals surface area contributed by atoms with Gasteiger partial charge in [-0.2, -0.15) is 0 Å². The predicted octanol–water partition coefficient (Wildman–Crippen LogP) is 4.19. The molecule has 1 aliphatic heterocycles. The summed E-state index contributed by atoms with van der Waals surface area (Å²) in [6, 6.07) is 11.4. The van der Waals surface area contributed by atoms with E-state index in [1.54, 1.807) is 13.3 Å². The van der Waals surface area contributed by atoms with Gasteiger partial charge in [-0.25, -0.2) is 4.68 Å². The number of ether oxygens (including phenoxy) is 2. The standard InChI is InChI=1S/C29H35N7O3/c1-38-23-11-12-26-21(15-23)16-25(29(37)31-26)27(28-32-33-34-36(28)22-8-3-2-4-9-22)35(19-24-10-6-14-39-24)18-20-7-5-13-30-17-20/h5,7,11-13,15-17,22,24,27H,2-4,6,8-10,14,18-19H2,1H3,(H,31,37)/t24-,27+/m0/s1. The Morgan fingerprint density at radius 1 is 1.15 bits per heavy atom. The fraction of sp³-hybridized carbons (Fsp3) is 0.483. The Hall–Kier alpha value is -3.63. The second-order valence-corrected chi connectivity index (χ2v) is 10.6. The van der Waals surface area contributed by atoms with E-state index in [9.17, 15) is 4.79 Å². The number of tetrazole rings is 1. The number of rotatable bonds is 9. The highest BCUT2D eigenvalue weighted by atomic mass is 16.5. The van der Waals surface area contributed by atoms with Crippen LogP contribution < -0.4 is 10.3 Å². The van der Waals surface area contributed by atoms with Gasteiger partial charge in [0.1, 0.15) is 11.8 Å². The lowest BCUT2D eigenvalue weighted by Crippen LogP contribution is -2.39. The second kappa shape index (κ2) is 11.6. The Labute approximate surface area is 227 Å². The topological polar surface area (TPSA) is 111 Å². The highest BCUT2D eigenvalue weighted by Crippen LogP contribution is 2.34. The van der Waals surface area contributed by atoms with Crippen molar-refractivity contribution in [2.45, 2.75) is 69.7 Å². The Morgan fingerprint density at radius 2 is 2.05 bits per heavy atom. The number of benzene rings is 1. The summed E-state index contributed by atoms with van der Waals surface area (Å²) in [5, 5.41) is 14.1. The molecule has 1 saturated heterocycles. The summed E-state index contributed by atoms with van der Waals surface area (Å²) in [5.74, 6) is 1.42. The minimum atomic E-state index is -0.481. The molecular weight excluding hydrogens is 494 g/mol. The molecular formula is C29H35N7O3. The number of nitrogens with zero attached hydrogens (tertiary/aromatic N) is 6. The summed E-state index contributed by atoms with van der Waals surface area (Å²) in [5.41, 5.74) is 2.26. The summed E-state index contributed by atoms with van der Waals surface area (Å²) < 4.78 is 13.5. The van der Waals surface area contributed by atoms with Gasteiger partial charge in [-0.05, 0) is 72.0 Å². The molecule has 4 heterocycles. The molecule has 4 aromatic rings. The number of aromatic amines is 1. The van der Waals surface area contributed by atoms with E-state index >= 15 is 0 Å². The molecule has 1 aromatic carbocycles. The van der Waals surface area contributed by atoms with Crippen LogP contribution in [-0.4, -0.2) is 61.4 Å². The molecule has 1 N–H and O–H groups in total. The number of aromatic nitrogens is 6. The molecule has 2 fully saturated rings. The number of methoxy groups -OCH3 is 1. The normalized spacial score (nSPS) is 19.1. The molecule has 0 bridgehead atoms. The van der Waals surface area contributed by atoms with Crippen molar-refractivity contribution in [2.24, 2.45) is 0 Å². The minimum Gasteiger partial charge on any atom is -0.497 e.